The van der Waals surface area contributed by atoms with Crippen LogP contribution in [0.15, 0.2) is 23.0 Å². The number of likely N-dealkylation sites (tertiary alicyclic amines) is 1. The Hall–Kier alpha value is -2.44. The third-order valence-electron chi connectivity index (χ3n) is 4.01. The number of amides is 2. The van der Waals surface area contributed by atoms with Crippen LogP contribution in [0.5, 0.6) is 0 Å². The summed E-state index contributed by atoms with van der Waals surface area (Å²) in [6.07, 6.45) is 5.99. The standard InChI is InChI=1S/C16H20N4O3/c1-10(2)13-7-17-14(23-13)9-20-15(21)5-12(16(20)22)4-11-6-18-19(3)8-11/h6-8,10,12H,4-5,9H2,1-3H3/t12-/m0/s1. The van der Waals surface area contributed by atoms with E-state index in [1.807, 2.05) is 27.1 Å². The highest BCUT2D eigenvalue weighted by Gasteiger charge is 2.39. The van der Waals surface area contributed by atoms with Crippen LogP contribution in [0.25, 0.3) is 0 Å². The van der Waals surface area contributed by atoms with Crippen molar-refractivity contribution in [1.29, 1.82) is 0 Å². The molecular formula is C16H20N4O3. The van der Waals surface area contributed by atoms with Gasteiger partial charge in [0.25, 0.3) is 0 Å². The van der Waals surface area contributed by atoms with Gasteiger partial charge < -0.3 is 4.42 Å². The average molecular weight is 316 g/mol. The van der Waals surface area contributed by atoms with Crippen LogP contribution >= 0.6 is 0 Å². The van der Waals surface area contributed by atoms with Crippen molar-refractivity contribution in [3.05, 3.63) is 35.8 Å². The van der Waals surface area contributed by atoms with Gasteiger partial charge in [-0.2, -0.15) is 5.10 Å². The third-order valence-corrected chi connectivity index (χ3v) is 4.01. The summed E-state index contributed by atoms with van der Waals surface area (Å²) in [5.74, 6) is 0.713. The van der Waals surface area contributed by atoms with Gasteiger partial charge in [0.15, 0.2) is 0 Å². The summed E-state index contributed by atoms with van der Waals surface area (Å²) in [5.41, 5.74) is 0.957. The van der Waals surface area contributed by atoms with Gasteiger partial charge in [0.1, 0.15) is 12.3 Å². The summed E-state index contributed by atoms with van der Waals surface area (Å²) in [4.78, 5) is 30.0. The Morgan fingerprint density at radius 3 is 2.74 bits per heavy atom. The van der Waals surface area contributed by atoms with E-state index >= 15 is 0 Å². The topological polar surface area (TPSA) is 81.2 Å². The number of aromatic nitrogens is 3. The average Bonchev–Trinajstić information content (AvgIpc) is 3.17. The molecule has 2 amide bonds. The lowest BCUT2D eigenvalue weighted by molar-refractivity contribution is -0.140. The second-order valence-corrected chi connectivity index (χ2v) is 6.26. The zero-order valence-electron chi connectivity index (χ0n) is 13.5. The second kappa shape index (κ2) is 5.98. The summed E-state index contributed by atoms with van der Waals surface area (Å²) >= 11 is 0. The zero-order valence-corrected chi connectivity index (χ0v) is 13.5. The normalized spacial score (nSPS) is 18.4. The minimum atomic E-state index is -0.328. The summed E-state index contributed by atoms with van der Waals surface area (Å²) in [6, 6.07) is 0. The molecule has 0 unspecified atom stereocenters. The van der Waals surface area contributed by atoms with E-state index in [2.05, 4.69) is 10.1 Å². The molecule has 2 aromatic heterocycles. The van der Waals surface area contributed by atoms with Gasteiger partial charge in [-0.05, 0) is 12.0 Å². The Morgan fingerprint density at radius 2 is 2.13 bits per heavy atom. The molecule has 7 nitrogen and oxygen atoms in total. The van der Waals surface area contributed by atoms with Gasteiger partial charge in [0.2, 0.25) is 17.7 Å². The maximum atomic E-state index is 12.5. The van der Waals surface area contributed by atoms with Crippen molar-refractivity contribution < 1.29 is 14.0 Å². The molecule has 3 rings (SSSR count). The molecule has 122 valence electrons. The van der Waals surface area contributed by atoms with Crippen molar-refractivity contribution in [2.24, 2.45) is 13.0 Å². The number of imide groups is 1. The number of hydrogen-bond donors (Lipinski definition) is 0. The van der Waals surface area contributed by atoms with Crippen LogP contribution in [0, 0.1) is 5.92 Å². The van der Waals surface area contributed by atoms with E-state index in [0.29, 0.717) is 12.3 Å². The van der Waals surface area contributed by atoms with Gasteiger partial charge in [-0.1, -0.05) is 13.8 Å². The molecule has 1 saturated heterocycles. The van der Waals surface area contributed by atoms with E-state index in [4.69, 9.17) is 4.42 Å². The van der Waals surface area contributed by atoms with Crippen LogP contribution in [-0.2, 0) is 29.6 Å². The summed E-state index contributed by atoms with van der Waals surface area (Å²) in [6.45, 7) is 4.11. The largest absolute Gasteiger partial charge is 0.443 e. The van der Waals surface area contributed by atoms with E-state index in [1.54, 1.807) is 17.1 Å². The molecule has 0 aliphatic carbocycles. The smallest absolute Gasteiger partial charge is 0.233 e. The molecule has 1 atom stereocenters. The van der Waals surface area contributed by atoms with Crippen molar-refractivity contribution in [3.63, 3.8) is 0 Å². The van der Waals surface area contributed by atoms with Crippen LogP contribution in [-0.4, -0.2) is 31.5 Å². The molecule has 23 heavy (non-hydrogen) atoms. The Kier molecular flexibility index (Phi) is 4.02. The lowest BCUT2D eigenvalue weighted by Gasteiger charge is -2.12. The minimum absolute atomic E-state index is 0.105. The number of nitrogens with zero attached hydrogens (tertiary/aromatic N) is 4. The van der Waals surface area contributed by atoms with Crippen molar-refractivity contribution >= 4 is 11.8 Å². The molecule has 0 spiro atoms. The molecule has 0 bridgehead atoms. The first-order valence-corrected chi connectivity index (χ1v) is 7.70. The number of oxazole rings is 1. The molecule has 0 N–H and O–H groups in total. The van der Waals surface area contributed by atoms with E-state index in [1.165, 1.54) is 4.90 Å². The fourth-order valence-corrected chi connectivity index (χ4v) is 2.74. The first kappa shape index (κ1) is 15.5. The quantitative estimate of drug-likeness (QED) is 0.783. The number of rotatable bonds is 5. The summed E-state index contributed by atoms with van der Waals surface area (Å²) in [5, 5.41) is 4.09. The van der Waals surface area contributed by atoms with E-state index in [9.17, 15) is 9.59 Å². The maximum Gasteiger partial charge on any atom is 0.233 e. The van der Waals surface area contributed by atoms with Crippen LogP contribution in [0.1, 0.15) is 43.4 Å². The molecule has 7 heteroatoms. The Bertz CT molecular complexity index is 731. The van der Waals surface area contributed by atoms with Crippen molar-refractivity contribution in [1.82, 2.24) is 19.7 Å². The SMILES string of the molecule is CC(C)c1cnc(CN2C(=O)C[C@H](Cc3cnn(C)c3)C2=O)o1. The lowest BCUT2D eigenvalue weighted by atomic mass is 10.0. The van der Waals surface area contributed by atoms with Gasteiger partial charge in [0, 0.05) is 25.6 Å². The summed E-state index contributed by atoms with van der Waals surface area (Å²) < 4.78 is 7.28. The van der Waals surface area contributed by atoms with Crippen LogP contribution in [0.2, 0.25) is 0 Å². The molecule has 1 fully saturated rings. The van der Waals surface area contributed by atoms with Gasteiger partial charge in [-0.15, -0.1) is 0 Å². The maximum absolute atomic E-state index is 12.5. The predicted molar refractivity (Wildman–Crippen MR) is 81.2 cm³/mol. The molecule has 0 aromatic carbocycles. The third kappa shape index (κ3) is 3.18. The summed E-state index contributed by atoms with van der Waals surface area (Å²) in [7, 11) is 1.83. The van der Waals surface area contributed by atoms with Gasteiger partial charge in [0.05, 0.1) is 18.3 Å². The molecule has 0 saturated carbocycles. The van der Waals surface area contributed by atoms with E-state index in [-0.39, 0.29) is 36.6 Å². The fraction of sp³-hybridized carbons (Fsp3) is 0.500. The minimum Gasteiger partial charge on any atom is -0.443 e. The highest BCUT2D eigenvalue weighted by Crippen LogP contribution is 2.25. The Balaban J connectivity index is 1.68. The highest BCUT2D eigenvalue weighted by atomic mass is 16.4. The molecule has 3 heterocycles. The molecule has 1 aliphatic rings. The second-order valence-electron chi connectivity index (χ2n) is 6.26. The first-order valence-electron chi connectivity index (χ1n) is 7.70. The van der Waals surface area contributed by atoms with Crippen LogP contribution in [0.3, 0.4) is 0 Å². The van der Waals surface area contributed by atoms with Gasteiger partial charge in [-0.25, -0.2) is 4.98 Å². The molecular weight excluding hydrogens is 296 g/mol. The number of carbonyl (C=O) groups is 2. The van der Waals surface area contributed by atoms with Crippen molar-refractivity contribution in [3.8, 4) is 0 Å². The number of carbonyl (C=O) groups excluding carboxylic acids is 2. The van der Waals surface area contributed by atoms with Gasteiger partial charge >= 0.3 is 0 Å². The number of aryl methyl sites for hydroxylation is 1. The Morgan fingerprint density at radius 1 is 1.35 bits per heavy atom. The molecule has 0 radical (unpaired) electrons. The van der Waals surface area contributed by atoms with Crippen LogP contribution < -0.4 is 0 Å². The lowest BCUT2D eigenvalue weighted by Crippen LogP contribution is -2.30. The van der Waals surface area contributed by atoms with Crippen molar-refractivity contribution in [2.75, 3.05) is 0 Å². The predicted octanol–water partition coefficient (Wildman–Crippen LogP) is 1.65. The fourth-order valence-electron chi connectivity index (χ4n) is 2.74. The van der Waals surface area contributed by atoms with Crippen LogP contribution in [0.4, 0.5) is 0 Å². The molecule has 2 aromatic rings. The first-order chi connectivity index (χ1) is 10.9. The van der Waals surface area contributed by atoms with Gasteiger partial charge in [-0.3, -0.25) is 19.2 Å². The van der Waals surface area contributed by atoms with E-state index < -0.39 is 0 Å². The van der Waals surface area contributed by atoms with E-state index in [0.717, 1.165) is 11.3 Å². The van der Waals surface area contributed by atoms with Crippen molar-refractivity contribution in [2.45, 2.75) is 39.2 Å². The highest BCUT2D eigenvalue weighted by molar-refractivity contribution is 6.03. The molecule has 1 aliphatic heterocycles. The Labute approximate surface area is 134 Å². The monoisotopic (exact) mass is 316 g/mol. The number of hydrogen-bond acceptors (Lipinski definition) is 5. The zero-order chi connectivity index (χ0) is 16.6.